The van der Waals surface area contributed by atoms with E-state index in [2.05, 4.69) is 38.5 Å². The standard InChI is InChI=1S/C23H32ClN5O2.HI/c1-25-23(26-15-17-8-9-18(30-3)14-22(17)31-4)27-16-19-20(24)6-5-7-21(19)29-12-10-28(2)11-13-29;/h5-9,14H,10-13,15-16H2,1-4H3,(H2,25,26,27);1H. The van der Waals surface area contributed by atoms with E-state index in [1.54, 1.807) is 21.3 Å². The number of ether oxygens (including phenoxy) is 2. The van der Waals surface area contributed by atoms with Gasteiger partial charge in [-0.3, -0.25) is 4.99 Å². The van der Waals surface area contributed by atoms with Gasteiger partial charge >= 0.3 is 0 Å². The largest absolute Gasteiger partial charge is 0.497 e. The second-order valence-corrected chi connectivity index (χ2v) is 7.89. The fraction of sp³-hybridized carbons (Fsp3) is 0.435. The van der Waals surface area contributed by atoms with Gasteiger partial charge in [0.1, 0.15) is 11.5 Å². The molecule has 0 saturated carbocycles. The number of nitrogens with one attached hydrogen (secondary N) is 2. The van der Waals surface area contributed by atoms with Gasteiger partial charge in [-0.1, -0.05) is 17.7 Å². The lowest BCUT2D eigenvalue weighted by atomic mass is 10.1. The van der Waals surface area contributed by atoms with Gasteiger partial charge in [-0.25, -0.2) is 0 Å². The van der Waals surface area contributed by atoms with Gasteiger partial charge in [0.15, 0.2) is 5.96 Å². The van der Waals surface area contributed by atoms with E-state index >= 15 is 0 Å². The molecule has 0 amide bonds. The molecule has 176 valence electrons. The van der Waals surface area contributed by atoms with Gasteiger partial charge in [-0.2, -0.15) is 0 Å². The number of anilines is 1. The molecule has 7 nitrogen and oxygen atoms in total. The van der Waals surface area contributed by atoms with Crippen molar-refractivity contribution in [1.82, 2.24) is 15.5 Å². The van der Waals surface area contributed by atoms with E-state index in [-0.39, 0.29) is 24.0 Å². The number of rotatable bonds is 7. The number of hydrogen-bond donors (Lipinski definition) is 2. The molecule has 2 aromatic carbocycles. The topological polar surface area (TPSA) is 61.4 Å². The molecule has 0 unspecified atom stereocenters. The van der Waals surface area contributed by atoms with Gasteiger partial charge in [0, 0.05) is 74.2 Å². The molecule has 0 aromatic heterocycles. The molecule has 2 N–H and O–H groups in total. The van der Waals surface area contributed by atoms with Crippen LogP contribution in [0, 0.1) is 0 Å². The maximum absolute atomic E-state index is 6.58. The molecule has 0 bridgehead atoms. The van der Waals surface area contributed by atoms with Crippen LogP contribution in [0.15, 0.2) is 41.4 Å². The van der Waals surface area contributed by atoms with E-state index in [9.17, 15) is 0 Å². The van der Waals surface area contributed by atoms with Crippen molar-refractivity contribution in [3.8, 4) is 11.5 Å². The third-order valence-electron chi connectivity index (χ3n) is 5.53. The Kier molecular flexibility index (Phi) is 10.7. The van der Waals surface area contributed by atoms with Gasteiger partial charge in [-0.15, -0.1) is 24.0 Å². The second kappa shape index (κ2) is 13.0. The third kappa shape index (κ3) is 6.79. The molecule has 0 atom stereocenters. The average Bonchev–Trinajstić information content (AvgIpc) is 2.80. The van der Waals surface area contributed by atoms with Crippen LogP contribution in [0.5, 0.6) is 11.5 Å². The summed E-state index contributed by atoms with van der Waals surface area (Å²) in [5.74, 6) is 2.23. The van der Waals surface area contributed by atoms with Crippen LogP contribution in [0.4, 0.5) is 5.69 Å². The molecule has 1 fully saturated rings. The highest BCUT2D eigenvalue weighted by atomic mass is 127. The molecule has 0 radical (unpaired) electrons. The Hall–Kier alpha value is -1.91. The van der Waals surface area contributed by atoms with Gasteiger partial charge in [0.2, 0.25) is 0 Å². The Bertz CT molecular complexity index is 904. The Morgan fingerprint density at radius 3 is 2.41 bits per heavy atom. The lowest BCUT2D eigenvalue weighted by molar-refractivity contribution is 0.312. The number of methoxy groups -OCH3 is 2. The summed E-state index contributed by atoms with van der Waals surface area (Å²) in [4.78, 5) is 9.10. The maximum Gasteiger partial charge on any atom is 0.191 e. The maximum atomic E-state index is 6.58. The van der Waals surface area contributed by atoms with Crippen LogP contribution in [0.2, 0.25) is 5.02 Å². The van der Waals surface area contributed by atoms with Crippen molar-refractivity contribution in [3.05, 3.63) is 52.5 Å². The minimum Gasteiger partial charge on any atom is -0.497 e. The fourth-order valence-corrected chi connectivity index (χ4v) is 3.87. The number of halogens is 2. The van der Waals surface area contributed by atoms with E-state index in [1.807, 2.05) is 30.3 Å². The molecule has 9 heteroatoms. The third-order valence-corrected chi connectivity index (χ3v) is 5.89. The van der Waals surface area contributed by atoms with Crippen LogP contribution in [0.1, 0.15) is 11.1 Å². The zero-order valence-corrected chi connectivity index (χ0v) is 22.2. The van der Waals surface area contributed by atoms with E-state index in [4.69, 9.17) is 21.1 Å². The first-order valence-electron chi connectivity index (χ1n) is 10.4. The number of guanidine groups is 1. The molecule has 0 spiro atoms. The number of likely N-dealkylation sites (N-methyl/N-ethyl adjacent to an activating group) is 1. The van der Waals surface area contributed by atoms with E-state index in [0.29, 0.717) is 19.0 Å². The van der Waals surface area contributed by atoms with Crippen molar-refractivity contribution in [2.24, 2.45) is 4.99 Å². The summed E-state index contributed by atoms with van der Waals surface area (Å²) in [5, 5.41) is 7.50. The van der Waals surface area contributed by atoms with Crippen LogP contribution in [0.3, 0.4) is 0 Å². The first-order valence-corrected chi connectivity index (χ1v) is 10.8. The second-order valence-electron chi connectivity index (χ2n) is 7.48. The zero-order valence-electron chi connectivity index (χ0n) is 19.2. The summed E-state index contributed by atoms with van der Waals surface area (Å²) in [7, 11) is 7.21. The molecule has 32 heavy (non-hydrogen) atoms. The molecule has 0 aliphatic carbocycles. The molecule has 1 heterocycles. The summed E-state index contributed by atoms with van der Waals surface area (Å²) in [6.07, 6.45) is 0. The molecule has 1 aliphatic heterocycles. The van der Waals surface area contributed by atoms with Crippen molar-refractivity contribution >= 4 is 47.2 Å². The Balaban J connectivity index is 0.00000363. The monoisotopic (exact) mass is 573 g/mol. The van der Waals surface area contributed by atoms with Crippen LogP contribution in [-0.2, 0) is 13.1 Å². The summed E-state index contributed by atoms with van der Waals surface area (Å²) >= 11 is 6.58. The highest BCUT2D eigenvalue weighted by Crippen LogP contribution is 2.28. The summed E-state index contributed by atoms with van der Waals surface area (Å²) in [6, 6.07) is 11.9. The summed E-state index contributed by atoms with van der Waals surface area (Å²) < 4.78 is 10.8. The van der Waals surface area contributed by atoms with Crippen LogP contribution >= 0.6 is 35.6 Å². The molecule has 3 rings (SSSR count). The fourth-order valence-electron chi connectivity index (χ4n) is 3.64. The van der Waals surface area contributed by atoms with E-state index in [0.717, 1.165) is 53.8 Å². The van der Waals surface area contributed by atoms with Crippen molar-refractivity contribution in [2.75, 3.05) is 59.4 Å². The molecular formula is C23H33ClIN5O2. The van der Waals surface area contributed by atoms with Crippen LogP contribution in [-0.4, -0.2) is 65.4 Å². The Labute approximate surface area is 213 Å². The highest BCUT2D eigenvalue weighted by Gasteiger charge is 2.18. The van der Waals surface area contributed by atoms with E-state index in [1.165, 1.54) is 5.69 Å². The predicted molar refractivity (Wildman–Crippen MR) is 143 cm³/mol. The first-order chi connectivity index (χ1) is 15.0. The number of hydrogen-bond acceptors (Lipinski definition) is 5. The lowest BCUT2D eigenvalue weighted by Crippen LogP contribution is -2.45. The molecule has 1 aliphatic rings. The number of piperazine rings is 1. The summed E-state index contributed by atoms with van der Waals surface area (Å²) in [5.41, 5.74) is 3.28. The Morgan fingerprint density at radius 1 is 1.03 bits per heavy atom. The van der Waals surface area contributed by atoms with Gasteiger partial charge in [0.25, 0.3) is 0 Å². The van der Waals surface area contributed by atoms with E-state index < -0.39 is 0 Å². The first kappa shape index (κ1) is 26.3. The SMILES string of the molecule is CN=C(NCc1ccc(OC)cc1OC)NCc1c(Cl)cccc1N1CCN(C)CC1.I. The highest BCUT2D eigenvalue weighted by molar-refractivity contribution is 14.0. The smallest absolute Gasteiger partial charge is 0.191 e. The van der Waals surface area contributed by atoms with Crippen LogP contribution in [0.25, 0.3) is 0 Å². The average molecular weight is 574 g/mol. The number of aliphatic imine (C=N–C) groups is 1. The normalized spacial score (nSPS) is 14.5. The van der Waals surface area contributed by atoms with Crippen molar-refractivity contribution in [2.45, 2.75) is 13.1 Å². The van der Waals surface area contributed by atoms with Gasteiger partial charge < -0.3 is 29.9 Å². The molecule has 2 aromatic rings. The van der Waals surface area contributed by atoms with Crippen molar-refractivity contribution in [1.29, 1.82) is 0 Å². The van der Waals surface area contributed by atoms with Crippen molar-refractivity contribution < 1.29 is 9.47 Å². The minimum absolute atomic E-state index is 0. The lowest BCUT2D eigenvalue weighted by Gasteiger charge is -2.35. The molecular weight excluding hydrogens is 541 g/mol. The number of benzene rings is 2. The van der Waals surface area contributed by atoms with Gasteiger partial charge in [-0.05, 0) is 31.3 Å². The zero-order chi connectivity index (χ0) is 22.2. The summed E-state index contributed by atoms with van der Waals surface area (Å²) in [6.45, 7) is 5.24. The number of nitrogens with zero attached hydrogens (tertiary/aromatic N) is 3. The van der Waals surface area contributed by atoms with Crippen LogP contribution < -0.4 is 25.0 Å². The quantitative estimate of drug-likeness (QED) is 0.300. The predicted octanol–water partition coefficient (Wildman–Crippen LogP) is 3.59. The van der Waals surface area contributed by atoms with Gasteiger partial charge in [0.05, 0.1) is 14.2 Å². The Morgan fingerprint density at radius 2 is 1.75 bits per heavy atom. The van der Waals surface area contributed by atoms with Crippen molar-refractivity contribution in [3.63, 3.8) is 0 Å². The molecule has 1 saturated heterocycles. The minimum atomic E-state index is 0.